The lowest BCUT2D eigenvalue weighted by Gasteiger charge is -2.19. The zero-order chi connectivity index (χ0) is 11.9. The minimum atomic E-state index is -0.0633. The van der Waals surface area contributed by atoms with Crippen molar-refractivity contribution in [3.63, 3.8) is 0 Å². The molecule has 0 spiro atoms. The van der Waals surface area contributed by atoms with Gasteiger partial charge in [-0.25, -0.2) is 0 Å². The normalized spacial score (nSPS) is 17.1. The monoisotopic (exact) mass is 228 g/mol. The summed E-state index contributed by atoms with van der Waals surface area (Å²) in [5.74, 6) is 0.898. The summed E-state index contributed by atoms with van der Waals surface area (Å²) in [6.45, 7) is 0.206. The number of methoxy groups -OCH3 is 1. The molecule has 0 heterocycles. The fourth-order valence-corrected chi connectivity index (χ4v) is 2.61. The van der Waals surface area contributed by atoms with Gasteiger partial charge in [-0.2, -0.15) is 0 Å². The predicted molar refractivity (Wildman–Crippen MR) is 68.5 cm³/mol. The quantitative estimate of drug-likeness (QED) is 0.875. The van der Waals surface area contributed by atoms with E-state index in [0.717, 1.165) is 18.6 Å². The van der Waals surface area contributed by atoms with Crippen molar-refractivity contribution in [1.82, 2.24) is 0 Å². The van der Waals surface area contributed by atoms with E-state index in [1.165, 1.54) is 16.3 Å². The van der Waals surface area contributed by atoms with Crippen LogP contribution in [0, 0.1) is 0 Å². The van der Waals surface area contributed by atoms with Crippen molar-refractivity contribution < 1.29 is 9.84 Å². The maximum absolute atomic E-state index is 9.63. The van der Waals surface area contributed by atoms with E-state index in [1.54, 1.807) is 7.11 Å². The SMILES string of the molecule is COc1ccc2ccccc2c1C1(CO)CC1. The molecule has 0 atom stereocenters. The van der Waals surface area contributed by atoms with Gasteiger partial charge in [0, 0.05) is 11.0 Å². The van der Waals surface area contributed by atoms with Crippen LogP contribution in [-0.4, -0.2) is 18.8 Å². The van der Waals surface area contributed by atoms with Crippen LogP contribution in [0.15, 0.2) is 36.4 Å². The second-order valence-corrected chi connectivity index (χ2v) is 4.80. The molecular formula is C15H16O2. The largest absolute Gasteiger partial charge is 0.496 e. The van der Waals surface area contributed by atoms with Crippen LogP contribution in [-0.2, 0) is 5.41 Å². The molecule has 1 N–H and O–H groups in total. The third-order valence-corrected chi connectivity index (χ3v) is 3.80. The van der Waals surface area contributed by atoms with Gasteiger partial charge in [-0.05, 0) is 29.7 Å². The Morgan fingerprint density at radius 2 is 1.94 bits per heavy atom. The summed E-state index contributed by atoms with van der Waals surface area (Å²) in [6.07, 6.45) is 2.10. The van der Waals surface area contributed by atoms with E-state index >= 15 is 0 Å². The van der Waals surface area contributed by atoms with Crippen molar-refractivity contribution in [2.45, 2.75) is 18.3 Å². The minimum absolute atomic E-state index is 0.0633. The lowest BCUT2D eigenvalue weighted by atomic mass is 9.90. The Balaban J connectivity index is 2.32. The first kappa shape index (κ1) is 10.6. The van der Waals surface area contributed by atoms with Gasteiger partial charge in [0.25, 0.3) is 0 Å². The van der Waals surface area contributed by atoms with Gasteiger partial charge in [0.05, 0.1) is 13.7 Å². The molecule has 1 fully saturated rings. The number of hydrogen-bond acceptors (Lipinski definition) is 2. The first-order valence-corrected chi connectivity index (χ1v) is 5.98. The number of aliphatic hydroxyl groups excluding tert-OH is 1. The highest BCUT2D eigenvalue weighted by molar-refractivity contribution is 5.89. The van der Waals surface area contributed by atoms with Crippen LogP contribution in [0.1, 0.15) is 18.4 Å². The number of fused-ring (bicyclic) bond motifs is 1. The summed E-state index contributed by atoms with van der Waals surface area (Å²) in [6, 6.07) is 12.4. The molecule has 2 nitrogen and oxygen atoms in total. The molecule has 17 heavy (non-hydrogen) atoms. The minimum Gasteiger partial charge on any atom is -0.496 e. The molecule has 2 aromatic rings. The third-order valence-electron chi connectivity index (χ3n) is 3.80. The molecular weight excluding hydrogens is 212 g/mol. The van der Waals surface area contributed by atoms with Crippen LogP contribution < -0.4 is 4.74 Å². The average Bonchev–Trinajstić information content (AvgIpc) is 3.18. The summed E-state index contributed by atoms with van der Waals surface area (Å²) >= 11 is 0. The van der Waals surface area contributed by atoms with E-state index in [4.69, 9.17) is 4.74 Å². The zero-order valence-electron chi connectivity index (χ0n) is 9.94. The fourth-order valence-electron chi connectivity index (χ4n) is 2.61. The van der Waals surface area contributed by atoms with Gasteiger partial charge in [-0.15, -0.1) is 0 Å². The van der Waals surface area contributed by atoms with Gasteiger partial charge in [0.2, 0.25) is 0 Å². The van der Waals surface area contributed by atoms with E-state index in [9.17, 15) is 5.11 Å². The molecule has 3 rings (SSSR count). The van der Waals surface area contributed by atoms with E-state index in [0.29, 0.717) is 0 Å². The molecule has 0 aliphatic heterocycles. The second kappa shape index (κ2) is 3.74. The van der Waals surface area contributed by atoms with Crippen molar-refractivity contribution in [3.8, 4) is 5.75 Å². The lowest BCUT2D eigenvalue weighted by molar-refractivity contribution is 0.252. The number of rotatable bonds is 3. The first-order valence-electron chi connectivity index (χ1n) is 5.98. The van der Waals surface area contributed by atoms with Crippen LogP contribution >= 0.6 is 0 Å². The molecule has 2 heteroatoms. The fraction of sp³-hybridized carbons (Fsp3) is 0.333. The summed E-state index contributed by atoms with van der Waals surface area (Å²) in [5, 5.41) is 12.1. The Kier molecular flexibility index (Phi) is 2.33. The topological polar surface area (TPSA) is 29.5 Å². The lowest BCUT2D eigenvalue weighted by Crippen LogP contribution is -2.14. The van der Waals surface area contributed by atoms with Crippen LogP contribution in [0.2, 0.25) is 0 Å². The average molecular weight is 228 g/mol. The Hall–Kier alpha value is -1.54. The van der Waals surface area contributed by atoms with Crippen LogP contribution in [0.25, 0.3) is 10.8 Å². The van der Waals surface area contributed by atoms with Crippen molar-refractivity contribution in [1.29, 1.82) is 0 Å². The van der Waals surface area contributed by atoms with Crippen LogP contribution in [0.4, 0.5) is 0 Å². The Bertz CT molecular complexity index is 556. The zero-order valence-corrected chi connectivity index (χ0v) is 9.94. The maximum atomic E-state index is 9.63. The van der Waals surface area contributed by atoms with Crippen molar-refractivity contribution >= 4 is 10.8 Å². The van der Waals surface area contributed by atoms with Gasteiger partial charge in [-0.3, -0.25) is 0 Å². The molecule has 0 radical (unpaired) electrons. The molecule has 88 valence electrons. The Labute approximate surface area is 101 Å². The highest BCUT2D eigenvalue weighted by atomic mass is 16.5. The molecule has 1 saturated carbocycles. The van der Waals surface area contributed by atoms with Crippen LogP contribution in [0.3, 0.4) is 0 Å². The molecule has 0 unspecified atom stereocenters. The highest BCUT2D eigenvalue weighted by Gasteiger charge is 2.46. The highest BCUT2D eigenvalue weighted by Crippen LogP contribution is 2.53. The molecule has 0 amide bonds. The first-order chi connectivity index (χ1) is 8.30. The van der Waals surface area contributed by atoms with E-state index in [-0.39, 0.29) is 12.0 Å². The maximum Gasteiger partial charge on any atom is 0.123 e. The van der Waals surface area contributed by atoms with Crippen LogP contribution in [0.5, 0.6) is 5.75 Å². The standard InChI is InChI=1S/C15H16O2/c1-17-13-7-6-11-4-2-3-5-12(11)14(13)15(10-16)8-9-15/h2-7,16H,8-10H2,1H3. The number of ether oxygens (including phenoxy) is 1. The summed E-state index contributed by atoms with van der Waals surface area (Å²) in [4.78, 5) is 0. The molecule has 2 aromatic carbocycles. The molecule has 0 saturated heterocycles. The van der Waals surface area contributed by atoms with Gasteiger partial charge in [0.1, 0.15) is 5.75 Å². The molecule has 1 aliphatic carbocycles. The van der Waals surface area contributed by atoms with Gasteiger partial charge in [-0.1, -0.05) is 30.3 Å². The summed E-state index contributed by atoms with van der Waals surface area (Å²) < 4.78 is 5.47. The molecule has 0 aromatic heterocycles. The van der Waals surface area contributed by atoms with E-state index in [2.05, 4.69) is 18.2 Å². The van der Waals surface area contributed by atoms with E-state index in [1.807, 2.05) is 18.2 Å². The summed E-state index contributed by atoms with van der Waals surface area (Å²) in [7, 11) is 1.70. The van der Waals surface area contributed by atoms with Gasteiger partial charge >= 0.3 is 0 Å². The van der Waals surface area contributed by atoms with Gasteiger partial charge in [0.15, 0.2) is 0 Å². The number of aliphatic hydroxyl groups is 1. The Morgan fingerprint density at radius 3 is 2.59 bits per heavy atom. The molecule has 0 bridgehead atoms. The second-order valence-electron chi connectivity index (χ2n) is 4.80. The smallest absolute Gasteiger partial charge is 0.123 e. The summed E-state index contributed by atoms with van der Waals surface area (Å²) in [5.41, 5.74) is 1.12. The van der Waals surface area contributed by atoms with Gasteiger partial charge < -0.3 is 9.84 Å². The Morgan fingerprint density at radius 1 is 1.18 bits per heavy atom. The molecule has 1 aliphatic rings. The predicted octanol–water partition coefficient (Wildman–Crippen LogP) is 2.87. The van der Waals surface area contributed by atoms with Crippen molar-refractivity contribution in [3.05, 3.63) is 42.0 Å². The number of hydrogen-bond donors (Lipinski definition) is 1. The number of benzene rings is 2. The third kappa shape index (κ3) is 1.52. The van der Waals surface area contributed by atoms with Crippen molar-refractivity contribution in [2.24, 2.45) is 0 Å². The van der Waals surface area contributed by atoms with Crippen molar-refractivity contribution in [2.75, 3.05) is 13.7 Å². The van der Waals surface area contributed by atoms with E-state index < -0.39 is 0 Å².